The highest BCUT2D eigenvalue weighted by atomic mass is 16.5. The molecule has 0 bridgehead atoms. The van der Waals surface area contributed by atoms with Crippen molar-refractivity contribution >= 4 is 22.5 Å². The number of nitrogens with one attached hydrogen (secondary N) is 1. The predicted molar refractivity (Wildman–Crippen MR) is 120 cm³/mol. The van der Waals surface area contributed by atoms with Gasteiger partial charge in [-0.1, -0.05) is 6.92 Å². The number of hydrogen-bond acceptors (Lipinski definition) is 6. The molecular formula is C23H24N6O2. The smallest absolute Gasteiger partial charge is 0.224 e. The van der Waals surface area contributed by atoms with Crippen molar-refractivity contribution in [3.63, 3.8) is 0 Å². The normalized spacial score (nSPS) is 11.0. The van der Waals surface area contributed by atoms with Crippen molar-refractivity contribution in [1.82, 2.24) is 24.7 Å². The summed E-state index contributed by atoms with van der Waals surface area (Å²) in [7, 11) is 1.58. The number of fused-ring (bicyclic) bond motifs is 1. The predicted octanol–water partition coefficient (Wildman–Crippen LogP) is 4.24. The average molecular weight is 416 g/mol. The molecule has 1 N–H and O–H groups in total. The van der Waals surface area contributed by atoms with Crippen molar-refractivity contribution in [3.8, 4) is 28.3 Å². The number of hydrogen-bond donors (Lipinski definition) is 1. The fourth-order valence-electron chi connectivity index (χ4n) is 3.32. The molecule has 0 aliphatic carbocycles. The Bertz CT molecular complexity index is 1250. The zero-order chi connectivity index (χ0) is 22.0. The molecule has 8 nitrogen and oxygen atoms in total. The summed E-state index contributed by atoms with van der Waals surface area (Å²) < 4.78 is 7.40. The second-order valence-corrected chi connectivity index (χ2v) is 7.15. The van der Waals surface area contributed by atoms with E-state index in [1.165, 1.54) is 0 Å². The highest BCUT2D eigenvalue weighted by Crippen LogP contribution is 2.36. The standard InChI is InChI=1S/C23H24N6O2/c1-5-23(30)28-20-9-19-17(8-22(20)31-4)16(21-12-24-14(3)10-25-21)7-18(27-19)15-11-26-29(6-2)13-15/h7-13H,5-6H2,1-4H3,(H,28,30). The van der Waals surface area contributed by atoms with E-state index in [4.69, 9.17) is 9.72 Å². The highest BCUT2D eigenvalue weighted by Gasteiger charge is 2.16. The van der Waals surface area contributed by atoms with E-state index in [9.17, 15) is 4.79 Å². The molecule has 0 radical (unpaired) electrons. The molecule has 158 valence electrons. The van der Waals surface area contributed by atoms with Gasteiger partial charge in [0.1, 0.15) is 5.75 Å². The molecule has 0 aliphatic heterocycles. The van der Waals surface area contributed by atoms with Gasteiger partial charge in [0.05, 0.1) is 47.8 Å². The van der Waals surface area contributed by atoms with Crippen LogP contribution in [-0.4, -0.2) is 37.7 Å². The average Bonchev–Trinajstić information content (AvgIpc) is 3.27. The van der Waals surface area contributed by atoms with Gasteiger partial charge in [-0.3, -0.25) is 19.4 Å². The third-order valence-electron chi connectivity index (χ3n) is 5.04. The zero-order valence-corrected chi connectivity index (χ0v) is 18.0. The third-order valence-corrected chi connectivity index (χ3v) is 5.04. The molecule has 0 saturated heterocycles. The molecule has 1 aromatic carbocycles. The Labute approximate surface area is 180 Å². The first-order valence-corrected chi connectivity index (χ1v) is 10.2. The summed E-state index contributed by atoms with van der Waals surface area (Å²) >= 11 is 0. The fraction of sp³-hybridized carbons (Fsp3) is 0.261. The van der Waals surface area contributed by atoms with Crippen LogP contribution in [0.2, 0.25) is 0 Å². The summed E-state index contributed by atoms with van der Waals surface area (Å²) in [6.45, 7) is 6.51. The minimum atomic E-state index is -0.0948. The maximum absolute atomic E-state index is 12.0. The van der Waals surface area contributed by atoms with Gasteiger partial charge in [0.15, 0.2) is 0 Å². The number of aromatic nitrogens is 5. The van der Waals surface area contributed by atoms with Gasteiger partial charge in [0.2, 0.25) is 5.91 Å². The minimum absolute atomic E-state index is 0.0948. The Morgan fingerprint density at radius 3 is 2.58 bits per heavy atom. The molecule has 0 atom stereocenters. The first-order chi connectivity index (χ1) is 15.0. The van der Waals surface area contributed by atoms with E-state index in [0.29, 0.717) is 23.4 Å². The summed E-state index contributed by atoms with van der Waals surface area (Å²) in [5, 5.41) is 8.12. The highest BCUT2D eigenvalue weighted by molar-refractivity contribution is 6.01. The van der Waals surface area contributed by atoms with E-state index >= 15 is 0 Å². The van der Waals surface area contributed by atoms with Crippen LogP contribution in [0.3, 0.4) is 0 Å². The van der Waals surface area contributed by atoms with Crippen LogP contribution in [-0.2, 0) is 11.3 Å². The molecule has 3 heterocycles. The Morgan fingerprint density at radius 2 is 1.94 bits per heavy atom. The second-order valence-electron chi connectivity index (χ2n) is 7.15. The van der Waals surface area contributed by atoms with Crippen LogP contribution in [0.5, 0.6) is 5.75 Å². The number of nitrogens with zero attached hydrogens (tertiary/aromatic N) is 5. The maximum Gasteiger partial charge on any atom is 0.224 e. The monoisotopic (exact) mass is 416 g/mol. The summed E-state index contributed by atoms with van der Waals surface area (Å²) in [6, 6.07) is 5.70. The van der Waals surface area contributed by atoms with Gasteiger partial charge in [0.25, 0.3) is 0 Å². The fourth-order valence-corrected chi connectivity index (χ4v) is 3.32. The number of benzene rings is 1. The number of pyridine rings is 1. The lowest BCUT2D eigenvalue weighted by Crippen LogP contribution is -2.10. The number of methoxy groups -OCH3 is 1. The Hall–Kier alpha value is -3.81. The van der Waals surface area contributed by atoms with Crippen LogP contribution in [0.1, 0.15) is 26.0 Å². The van der Waals surface area contributed by atoms with E-state index in [1.54, 1.807) is 32.6 Å². The summed E-state index contributed by atoms with van der Waals surface area (Å²) in [6.07, 6.45) is 7.62. The number of carbonyl (C=O) groups is 1. The van der Waals surface area contributed by atoms with Crippen LogP contribution < -0.4 is 10.1 Å². The van der Waals surface area contributed by atoms with E-state index in [2.05, 4.69) is 20.4 Å². The number of aryl methyl sites for hydroxylation is 2. The number of carbonyl (C=O) groups excluding carboxylic acids is 1. The van der Waals surface area contributed by atoms with E-state index < -0.39 is 0 Å². The molecule has 8 heteroatoms. The molecule has 0 unspecified atom stereocenters. The number of anilines is 1. The minimum Gasteiger partial charge on any atom is -0.495 e. The van der Waals surface area contributed by atoms with Gasteiger partial charge in [0, 0.05) is 41.9 Å². The SMILES string of the molecule is CCC(=O)Nc1cc2nc(-c3cnn(CC)c3)cc(-c3cnc(C)cn3)c2cc1OC. The van der Waals surface area contributed by atoms with Gasteiger partial charge in [-0.25, -0.2) is 4.98 Å². The van der Waals surface area contributed by atoms with E-state index in [-0.39, 0.29) is 5.91 Å². The maximum atomic E-state index is 12.0. The van der Waals surface area contributed by atoms with E-state index in [1.807, 2.05) is 42.9 Å². The largest absolute Gasteiger partial charge is 0.495 e. The molecular weight excluding hydrogens is 392 g/mol. The Kier molecular flexibility index (Phi) is 5.62. The second kappa shape index (κ2) is 8.51. The van der Waals surface area contributed by atoms with Gasteiger partial charge in [-0.2, -0.15) is 5.10 Å². The lowest BCUT2D eigenvalue weighted by Gasteiger charge is -2.14. The molecule has 3 aromatic heterocycles. The van der Waals surface area contributed by atoms with Gasteiger partial charge >= 0.3 is 0 Å². The van der Waals surface area contributed by atoms with Crippen molar-refractivity contribution < 1.29 is 9.53 Å². The topological polar surface area (TPSA) is 94.8 Å². The molecule has 4 rings (SSSR count). The first kappa shape index (κ1) is 20.5. The van der Waals surface area contributed by atoms with Crippen molar-refractivity contribution in [3.05, 3.63) is 48.7 Å². The van der Waals surface area contributed by atoms with Gasteiger partial charge in [-0.05, 0) is 32.0 Å². The molecule has 4 aromatic rings. The number of amides is 1. The lowest BCUT2D eigenvalue weighted by molar-refractivity contribution is -0.115. The van der Waals surface area contributed by atoms with Gasteiger partial charge < -0.3 is 10.1 Å². The molecule has 1 amide bonds. The molecule has 0 fully saturated rings. The van der Waals surface area contributed by atoms with Crippen LogP contribution in [0.15, 0.2) is 43.0 Å². The van der Waals surface area contributed by atoms with Crippen molar-refractivity contribution in [2.45, 2.75) is 33.7 Å². The molecule has 31 heavy (non-hydrogen) atoms. The van der Waals surface area contributed by atoms with Gasteiger partial charge in [-0.15, -0.1) is 0 Å². The zero-order valence-electron chi connectivity index (χ0n) is 18.0. The molecule has 0 aliphatic rings. The summed E-state index contributed by atoms with van der Waals surface area (Å²) in [4.78, 5) is 25.8. The first-order valence-electron chi connectivity index (χ1n) is 10.2. The Morgan fingerprint density at radius 1 is 1.10 bits per heavy atom. The molecule has 0 saturated carbocycles. The van der Waals surface area contributed by atoms with E-state index in [0.717, 1.165) is 40.1 Å². The summed E-state index contributed by atoms with van der Waals surface area (Å²) in [5.74, 6) is 0.464. The van der Waals surface area contributed by atoms with Crippen LogP contribution in [0, 0.1) is 6.92 Å². The van der Waals surface area contributed by atoms with Crippen LogP contribution in [0.25, 0.3) is 33.4 Å². The van der Waals surface area contributed by atoms with Crippen LogP contribution >= 0.6 is 0 Å². The summed E-state index contributed by atoms with van der Waals surface area (Å²) in [5.41, 5.74) is 5.41. The Balaban J connectivity index is 1.97. The molecule has 0 spiro atoms. The van der Waals surface area contributed by atoms with Crippen molar-refractivity contribution in [2.75, 3.05) is 12.4 Å². The number of ether oxygens (including phenoxy) is 1. The lowest BCUT2D eigenvalue weighted by atomic mass is 10.0. The van der Waals surface area contributed by atoms with Crippen LogP contribution in [0.4, 0.5) is 5.69 Å². The quantitative estimate of drug-likeness (QED) is 0.505. The number of rotatable bonds is 6. The third kappa shape index (κ3) is 4.09. The van der Waals surface area contributed by atoms with Crippen molar-refractivity contribution in [1.29, 1.82) is 0 Å². The van der Waals surface area contributed by atoms with Crippen molar-refractivity contribution in [2.24, 2.45) is 0 Å².